The van der Waals surface area contributed by atoms with Crippen molar-refractivity contribution in [3.63, 3.8) is 0 Å². The Kier molecular flexibility index (Phi) is 32.9. The van der Waals surface area contributed by atoms with Crippen molar-refractivity contribution in [2.24, 2.45) is 0 Å². The lowest BCUT2D eigenvalue weighted by Gasteiger charge is -2.48. The van der Waals surface area contributed by atoms with E-state index in [1.165, 1.54) is 44.9 Å². The van der Waals surface area contributed by atoms with E-state index in [1.807, 2.05) is 6.08 Å². The second-order valence-electron chi connectivity index (χ2n) is 19.3. The number of rotatable bonds is 37. The van der Waals surface area contributed by atoms with E-state index in [2.05, 4.69) is 43.5 Å². The molecule has 19 heteroatoms. The molecule has 0 aromatic carbocycles. The van der Waals surface area contributed by atoms with Crippen molar-refractivity contribution < 1.29 is 89.4 Å². The number of allylic oxidation sites excluding steroid dienone is 5. The van der Waals surface area contributed by atoms with Gasteiger partial charge in [-0.15, -0.1) is 0 Å². The van der Waals surface area contributed by atoms with E-state index in [0.29, 0.717) is 6.42 Å². The van der Waals surface area contributed by atoms with Crippen LogP contribution in [0, 0.1) is 0 Å². The average Bonchev–Trinajstić information content (AvgIpc) is 3.36. The van der Waals surface area contributed by atoms with E-state index in [-0.39, 0.29) is 18.9 Å². The van der Waals surface area contributed by atoms with Crippen molar-refractivity contribution in [1.82, 2.24) is 5.32 Å². The number of amides is 1. The van der Waals surface area contributed by atoms with Crippen LogP contribution >= 0.6 is 0 Å². The van der Waals surface area contributed by atoms with E-state index >= 15 is 0 Å². The number of hydrogen-bond acceptors (Lipinski definition) is 18. The van der Waals surface area contributed by atoms with E-state index in [4.69, 9.17) is 28.4 Å². The van der Waals surface area contributed by atoms with Gasteiger partial charge in [-0.05, 0) is 51.4 Å². The van der Waals surface area contributed by atoms with Crippen molar-refractivity contribution in [3.8, 4) is 0 Å². The molecule has 17 unspecified atom stereocenters. The van der Waals surface area contributed by atoms with E-state index < -0.39 is 124 Å². The van der Waals surface area contributed by atoms with Gasteiger partial charge in [-0.1, -0.05) is 134 Å². The van der Waals surface area contributed by atoms with Crippen LogP contribution in [0.5, 0.6) is 0 Å². The molecule has 3 heterocycles. The summed E-state index contributed by atoms with van der Waals surface area (Å²) in [7, 11) is 0. The molecule has 3 rings (SSSR count). The second-order valence-corrected chi connectivity index (χ2v) is 19.3. The third-order valence-electron chi connectivity index (χ3n) is 13.4. The van der Waals surface area contributed by atoms with E-state index in [9.17, 15) is 61.0 Å². The molecule has 0 bridgehead atoms. The Bertz CT molecular complexity index is 1450. The van der Waals surface area contributed by atoms with Gasteiger partial charge in [0, 0.05) is 6.42 Å². The van der Waals surface area contributed by atoms with E-state index in [1.54, 1.807) is 6.08 Å². The number of hydrogen-bond donors (Lipinski definition) is 12. The highest BCUT2D eigenvalue weighted by Gasteiger charge is 2.53. The molecule has 3 aliphatic heterocycles. The number of ether oxygens (including phenoxy) is 6. The molecule has 12 N–H and O–H groups in total. The molecule has 3 fully saturated rings. The van der Waals surface area contributed by atoms with Crippen LogP contribution in [0.2, 0.25) is 0 Å². The summed E-state index contributed by atoms with van der Waals surface area (Å²) in [5.41, 5.74) is 0. The Morgan fingerprint density at radius 3 is 1.46 bits per heavy atom. The number of carbonyl (C=O) groups excluding carboxylic acids is 1. The molecule has 0 aliphatic carbocycles. The molecule has 0 spiro atoms. The quantitative estimate of drug-likeness (QED) is 0.0314. The molecule has 0 aromatic rings. The first-order valence-electron chi connectivity index (χ1n) is 26.7. The smallest absolute Gasteiger partial charge is 0.220 e. The van der Waals surface area contributed by atoms with Crippen LogP contribution < -0.4 is 5.32 Å². The number of nitrogens with one attached hydrogen (secondary N) is 1. The van der Waals surface area contributed by atoms with Crippen molar-refractivity contribution >= 4 is 5.91 Å². The van der Waals surface area contributed by atoms with Crippen LogP contribution in [0.25, 0.3) is 0 Å². The highest BCUT2D eigenvalue weighted by atomic mass is 16.8. The molecule has 0 saturated carbocycles. The summed E-state index contributed by atoms with van der Waals surface area (Å²) in [5, 5.41) is 120. The highest BCUT2D eigenvalue weighted by Crippen LogP contribution is 2.33. The Morgan fingerprint density at radius 2 is 0.930 bits per heavy atom. The monoisotopic (exact) mass is 1020 g/mol. The summed E-state index contributed by atoms with van der Waals surface area (Å²) in [5.74, 6) is -0.289. The zero-order chi connectivity index (χ0) is 52.0. The van der Waals surface area contributed by atoms with Crippen LogP contribution in [0.4, 0.5) is 0 Å². The van der Waals surface area contributed by atoms with Crippen molar-refractivity contribution in [2.45, 2.75) is 259 Å². The molecule has 0 radical (unpaired) electrons. The molecule has 17 atom stereocenters. The standard InChI is InChI=1S/C52H93NO18/c1-3-5-7-9-11-13-14-15-16-17-18-19-20-22-24-26-28-30-40(58)53-35(36(57)29-27-25-23-21-12-10-8-6-4-2)34-66-50-46(64)43(61)48(38(32-55)68-50)71-52-47(65)44(62)49(39(33-56)69-52)70-51-45(63)42(60)41(59)37(31-54)67-51/h11,13,15-16,27,29,35-39,41-52,54-57,59-65H,3-10,12,14,17-26,28,30-34H2,1-2H3,(H,53,58)/b13-11-,16-15-,29-27+. The predicted molar refractivity (Wildman–Crippen MR) is 263 cm³/mol. The minimum absolute atomic E-state index is 0.233. The van der Waals surface area contributed by atoms with Gasteiger partial charge in [-0.25, -0.2) is 0 Å². The maximum Gasteiger partial charge on any atom is 0.220 e. The Hall–Kier alpha value is -1.99. The second kappa shape index (κ2) is 36.9. The highest BCUT2D eigenvalue weighted by molar-refractivity contribution is 5.76. The molecular formula is C52H93NO18. The number of carbonyl (C=O) groups is 1. The van der Waals surface area contributed by atoms with Gasteiger partial charge in [-0.3, -0.25) is 4.79 Å². The molecule has 414 valence electrons. The van der Waals surface area contributed by atoms with Crippen LogP contribution in [0.1, 0.15) is 155 Å². The summed E-state index contributed by atoms with van der Waals surface area (Å²) in [6.45, 7) is 1.62. The summed E-state index contributed by atoms with van der Waals surface area (Å²) in [6.07, 6.45) is 8.68. The number of aliphatic hydroxyl groups is 11. The van der Waals surface area contributed by atoms with Crippen LogP contribution in [0.3, 0.4) is 0 Å². The summed E-state index contributed by atoms with van der Waals surface area (Å²) < 4.78 is 34.1. The van der Waals surface area contributed by atoms with Crippen LogP contribution in [-0.2, 0) is 33.2 Å². The SMILES string of the molecule is CCCCC/C=C\C/C=C\CCCCCCCCCC(=O)NC(COC1OC(CO)C(OC2OC(CO)C(OC3OC(CO)C(O)C(O)C3O)C(O)C2O)C(O)C1O)C(O)/C=C/CCCCCCCCC. The number of aliphatic hydroxyl groups excluding tert-OH is 11. The van der Waals surface area contributed by atoms with Crippen molar-refractivity contribution in [3.05, 3.63) is 36.5 Å². The fourth-order valence-electron chi connectivity index (χ4n) is 8.92. The molecule has 0 aromatic heterocycles. The van der Waals surface area contributed by atoms with Crippen molar-refractivity contribution in [1.29, 1.82) is 0 Å². The molecule has 1 amide bonds. The fraction of sp³-hybridized carbons (Fsp3) is 0.865. The van der Waals surface area contributed by atoms with Gasteiger partial charge in [0.15, 0.2) is 18.9 Å². The third kappa shape index (κ3) is 22.4. The molecule has 3 aliphatic rings. The van der Waals surface area contributed by atoms with Crippen LogP contribution in [0.15, 0.2) is 36.5 Å². The molecule has 3 saturated heterocycles. The summed E-state index contributed by atoms with van der Waals surface area (Å²) >= 11 is 0. The minimum atomic E-state index is -1.98. The maximum absolute atomic E-state index is 13.2. The van der Waals surface area contributed by atoms with Gasteiger partial charge in [0.05, 0.1) is 38.6 Å². The van der Waals surface area contributed by atoms with Gasteiger partial charge in [-0.2, -0.15) is 0 Å². The third-order valence-corrected chi connectivity index (χ3v) is 13.4. The van der Waals surface area contributed by atoms with Gasteiger partial charge < -0.3 is 89.9 Å². The Morgan fingerprint density at radius 1 is 0.507 bits per heavy atom. The van der Waals surface area contributed by atoms with Gasteiger partial charge in [0.2, 0.25) is 5.91 Å². The first-order chi connectivity index (χ1) is 34.3. The molecular weight excluding hydrogens is 927 g/mol. The Balaban J connectivity index is 1.53. The molecule has 71 heavy (non-hydrogen) atoms. The first-order valence-corrected chi connectivity index (χ1v) is 26.7. The lowest BCUT2D eigenvalue weighted by molar-refractivity contribution is -0.379. The zero-order valence-electron chi connectivity index (χ0n) is 42.4. The Labute approximate surface area is 421 Å². The van der Waals surface area contributed by atoms with Gasteiger partial charge in [0.1, 0.15) is 73.2 Å². The van der Waals surface area contributed by atoms with Gasteiger partial charge in [0.25, 0.3) is 0 Å². The largest absolute Gasteiger partial charge is 0.394 e. The lowest BCUT2D eigenvalue weighted by atomic mass is 9.96. The first kappa shape index (κ1) is 63.3. The minimum Gasteiger partial charge on any atom is -0.394 e. The normalized spacial score (nSPS) is 32.5. The lowest BCUT2D eigenvalue weighted by Crippen LogP contribution is -2.66. The van der Waals surface area contributed by atoms with Crippen molar-refractivity contribution in [2.75, 3.05) is 26.4 Å². The maximum atomic E-state index is 13.2. The fourth-order valence-corrected chi connectivity index (χ4v) is 8.92. The average molecular weight is 1020 g/mol. The van der Waals surface area contributed by atoms with Gasteiger partial charge >= 0.3 is 0 Å². The topological polar surface area (TPSA) is 307 Å². The summed E-state index contributed by atoms with van der Waals surface area (Å²) in [4.78, 5) is 13.2. The zero-order valence-corrected chi connectivity index (χ0v) is 42.4. The van der Waals surface area contributed by atoms with Crippen LogP contribution in [-0.4, -0.2) is 193 Å². The molecule has 19 nitrogen and oxygen atoms in total. The number of unbranched alkanes of at least 4 members (excludes halogenated alkanes) is 17. The summed E-state index contributed by atoms with van der Waals surface area (Å²) in [6, 6.07) is -0.973. The van der Waals surface area contributed by atoms with E-state index in [0.717, 1.165) is 83.5 Å². The predicted octanol–water partition coefficient (Wildman–Crippen LogP) is 2.59.